The number of benzene rings is 1. The highest BCUT2D eigenvalue weighted by molar-refractivity contribution is 7.99. The highest BCUT2D eigenvalue weighted by Crippen LogP contribution is 2.25. The van der Waals surface area contributed by atoms with Gasteiger partial charge in [-0.1, -0.05) is 36.4 Å². The van der Waals surface area contributed by atoms with Crippen LogP contribution in [0.25, 0.3) is 0 Å². The number of hydrogen-bond acceptors (Lipinski definition) is 4. The molecule has 2 aromatic rings. The number of thioether (sulfide) groups is 1. The Labute approximate surface area is 117 Å². The average molecular weight is 274 g/mol. The van der Waals surface area contributed by atoms with Crippen LogP contribution in [0.2, 0.25) is 0 Å². The van der Waals surface area contributed by atoms with E-state index < -0.39 is 5.54 Å². The summed E-state index contributed by atoms with van der Waals surface area (Å²) in [5.74, 6) is 0.822. The summed E-state index contributed by atoms with van der Waals surface area (Å²) in [6.45, 7) is -0.0558. The molecule has 0 aliphatic rings. The summed E-state index contributed by atoms with van der Waals surface area (Å²) in [6, 6.07) is 15.6. The van der Waals surface area contributed by atoms with Crippen LogP contribution in [0.15, 0.2) is 59.8 Å². The number of aliphatic hydroxyl groups excluding tert-OH is 1. The molecule has 0 spiro atoms. The molecular formula is C15H18N2OS. The fourth-order valence-electron chi connectivity index (χ4n) is 1.85. The number of rotatable bonds is 6. The van der Waals surface area contributed by atoms with E-state index in [9.17, 15) is 5.11 Å². The second kappa shape index (κ2) is 6.70. The van der Waals surface area contributed by atoms with Crippen molar-refractivity contribution in [3.05, 3.63) is 60.3 Å². The van der Waals surface area contributed by atoms with E-state index >= 15 is 0 Å². The lowest BCUT2D eigenvalue weighted by molar-refractivity contribution is 0.193. The molecule has 3 nitrogen and oxygen atoms in total. The molecule has 0 saturated heterocycles. The van der Waals surface area contributed by atoms with E-state index in [1.54, 1.807) is 18.0 Å². The molecule has 1 unspecified atom stereocenters. The molecule has 2 rings (SSSR count). The first-order valence-corrected chi connectivity index (χ1v) is 7.22. The maximum atomic E-state index is 9.59. The monoisotopic (exact) mass is 274 g/mol. The van der Waals surface area contributed by atoms with E-state index in [0.29, 0.717) is 6.42 Å². The Morgan fingerprint density at radius 3 is 2.47 bits per heavy atom. The number of aromatic nitrogens is 1. The van der Waals surface area contributed by atoms with Crippen molar-refractivity contribution < 1.29 is 5.11 Å². The highest BCUT2D eigenvalue weighted by Gasteiger charge is 2.25. The summed E-state index contributed by atoms with van der Waals surface area (Å²) in [6.07, 6.45) is 2.48. The number of hydrogen-bond donors (Lipinski definition) is 2. The minimum atomic E-state index is -0.678. The predicted molar refractivity (Wildman–Crippen MR) is 79.0 cm³/mol. The van der Waals surface area contributed by atoms with Crippen LogP contribution < -0.4 is 5.73 Å². The standard InChI is InChI=1S/C15H18N2OS/c16-15(12-18,13-6-2-1-3-7-13)9-11-19-14-8-4-5-10-17-14/h1-8,10,18H,9,11-12,16H2. The van der Waals surface area contributed by atoms with Gasteiger partial charge in [0.25, 0.3) is 0 Å². The van der Waals surface area contributed by atoms with E-state index in [1.807, 2.05) is 48.5 Å². The lowest BCUT2D eigenvalue weighted by Gasteiger charge is -2.27. The van der Waals surface area contributed by atoms with Crippen LogP contribution in [0.4, 0.5) is 0 Å². The van der Waals surface area contributed by atoms with Gasteiger partial charge in [0.15, 0.2) is 0 Å². The van der Waals surface area contributed by atoms with Crippen LogP contribution in [-0.2, 0) is 5.54 Å². The molecule has 0 aliphatic carbocycles. The van der Waals surface area contributed by atoms with E-state index in [-0.39, 0.29) is 6.61 Å². The van der Waals surface area contributed by atoms with Crippen molar-refractivity contribution >= 4 is 11.8 Å². The minimum Gasteiger partial charge on any atom is -0.394 e. The molecule has 0 aliphatic heterocycles. The Hall–Kier alpha value is -1.36. The largest absolute Gasteiger partial charge is 0.394 e. The molecule has 0 saturated carbocycles. The highest BCUT2D eigenvalue weighted by atomic mass is 32.2. The number of aliphatic hydroxyl groups is 1. The van der Waals surface area contributed by atoms with Crippen molar-refractivity contribution in [2.24, 2.45) is 5.73 Å². The quantitative estimate of drug-likeness (QED) is 0.794. The van der Waals surface area contributed by atoms with Crippen molar-refractivity contribution in [3.8, 4) is 0 Å². The van der Waals surface area contributed by atoms with Gasteiger partial charge in [-0.25, -0.2) is 4.98 Å². The maximum absolute atomic E-state index is 9.59. The summed E-state index contributed by atoms with van der Waals surface area (Å²) < 4.78 is 0. The maximum Gasteiger partial charge on any atom is 0.0959 e. The van der Waals surface area contributed by atoms with Gasteiger partial charge < -0.3 is 10.8 Å². The Morgan fingerprint density at radius 1 is 1.11 bits per heavy atom. The van der Waals surface area contributed by atoms with Gasteiger partial charge in [0, 0.05) is 11.9 Å². The summed E-state index contributed by atoms with van der Waals surface area (Å²) in [5.41, 5.74) is 6.59. The molecule has 4 heteroatoms. The zero-order valence-corrected chi connectivity index (χ0v) is 11.5. The molecule has 0 fully saturated rings. The first kappa shape index (κ1) is 14.1. The van der Waals surface area contributed by atoms with E-state index in [4.69, 9.17) is 5.73 Å². The fourth-order valence-corrected chi connectivity index (χ4v) is 2.84. The molecule has 3 N–H and O–H groups in total. The van der Waals surface area contributed by atoms with Crippen molar-refractivity contribution in [1.29, 1.82) is 0 Å². The van der Waals surface area contributed by atoms with E-state index in [0.717, 1.165) is 16.3 Å². The summed E-state index contributed by atoms with van der Waals surface area (Å²) in [5, 5.41) is 10.6. The van der Waals surface area contributed by atoms with Crippen LogP contribution in [0.1, 0.15) is 12.0 Å². The summed E-state index contributed by atoms with van der Waals surface area (Å²) in [7, 11) is 0. The lowest BCUT2D eigenvalue weighted by Crippen LogP contribution is -2.41. The number of nitrogens with two attached hydrogens (primary N) is 1. The van der Waals surface area contributed by atoms with Crippen molar-refractivity contribution in [1.82, 2.24) is 4.98 Å². The molecule has 1 heterocycles. The average Bonchev–Trinajstić information content (AvgIpc) is 2.49. The Balaban J connectivity index is 1.96. The molecule has 1 atom stereocenters. The molecule has 1 aromatic carbocycles. The molecular weight excluding hydrogens is 256 g/mol. The van der Waals surface area contributed by atoms with Gasteiger partial charge >= 0.3 is 0 Å². The fraction of sp³-hybridized carbons (Fsp3) is 0.267. The van der Waals surface area contributed by atoms with Crippen molar-refractivity contribution in [3.63, 3.8) is 0 Å². The van der Waals surface area contributed by atoms with Gasteiger partial charge in [-0.2, -0.15) is 0 Å². The lowest BCUT2D eigenvalue weighted by atomic mass is 9.89. The van der Waals surface area contributed by atoms with Crippen LogP contribution in [0.3, 0.4) is 0 Å². The number of pyridine rings is 1. The topological polar surface area (TPSA) is 59.1 Å². The smallest absolute Gasteiger partial charge is 0.0959 e. The Kier molecular flexibility index (Phi) is 4.96. The third-order valence-corrected chi connectivity index (χ3v) is 4.01. The van der Waals surface area contributed by atoms with Crippen LogP contribution in [0, 0.1) is 0 Å². The first-order chi connectivity index (χ1) is 9.24. The molecule has 0 bridgehead atoms. The zero-order valence-electron chi connectivity index (χ0n) is 10.7. The Bertz CT molecular complexity index is 492. The molecule has 0 radical (unpaired) electrons. The van der Waals surface area contributed by atoms with Gasteiger partial charge in [0.2, 0.25) is 0 Å². The van der Waals surface area contributed by atoms with Crippen LogP contribution in [-0.4, -0.2) is 22.5 Å². The van der Waals surface area contributed by atoms with Crippen LogP contribution in [0.5, 0.6) is 0 Å². The second-order valence-corrected chi connectivity index (χ2v) is 5.56. The molecule has 1 aromatic heterocycles. The third kappa shape index (κ3) is 3.80. The summed E-state index contributed by atoms with van der Waals surface area (Å²) >= 11 is 1.66. The third-order valence-electron chi connectivity index (χ3n) is 3.07. The zero-order chi connectivity index (χ0) is 13.6. The van der Waals surface area contributed by atoms with Gasteiger partial charge in [-0.05, 0) is 24.1 Å². The van der Waals surface area contributed by atoms with Crippen molar-refractivity contribution in [2.75, 3.05) is 12.4 Å². The second-order valence-electron chi connectivity index (χ2n) is 4.45. The van der Waals surface area contributed by atoms with Gasteiger partial charge in [-0.15, -0.1) is 11.8 Å². The summed E-state index contributed by atoms with van der Waals surface area (Å²) in [4.78, 5) is 4.26. The SMILES string of the molecule is NC(CO)(CCSc1ccccn1)c1ccccc1. The molecule has 19 heavy (non-hydrogen) atoms. The van der Waals surface area contributed by atoms with Gasteiger partial charge in [0.05, 0.1) is 17.2 Å². The minimum absolute atomic E-state index is 0.0558. The molecule has 100 valence electrons. The van der Waals surface area contributed by atoms with E-state index in [1.165, 1.54) is 0 Å². The first-order valence-electron chi connectivity index (χ1n) is 6.24. The Morgan fingerprint density at radius 2 is 1.84 bits per heavy atom. The van der Waals surface area contributed by atoms with Gasteiger partial charge in [-0.3, -0.25) is 0 Å². The van der Waals surface area contributed by atoms with E-state index in [2.05, 4.69) is 4.98 Å². The normalized spacial score (nSPS) is 14.0. The van der Waals surface area contributed by atoms with Gasteiger partial charge in [0.1, 0.15) is 0 Å². The van der Waals surface area contributed by atoms with Crippen LogP contribution >= 0.6 is 11.8 Å². The number of nitrogens with zero attached hydrogens (tertiary/aromatic N) is 1. The van der Waals surface area contributed by atoms with Crippen molar-refractivity contribution in [2.45, 2.75) is 17.0 Å². The predicted octanol–water partition coefficient (Wildman–Crippen LogP) is 2.41. The molecule has 0 amide bonds.